The third kappa shape index (κ3) is 2.79. The van der Waals surface area contributed by atoms with E-state index in [0.29, 0.717) is 11.7 Å². The van der Waals surface area contributed by atoms with Gasteiger partial charge in [-0.3, -0.25) is 9.69 Å². The number of aromatic nitrogens is 3. The third-order valence-electron chi connectivity index (χ3n) is 3.34. The van der Waals surface area contributed by atoms with E-state index in [1.54, 1.807) is 11.3 Å². The molecule has 0 unspecified atom stereocenters. The number of thioether (sulfide) groups is 1. The summed E-state index contributed by atoms with van der Waals surface area (Å²) in [4.78, 5) is 26.2. The second-order valence-corrected chi connectivity index (χ2v) is 6.58. The van der Waals surface area contributed by atoms with Crippen molar-refractivity contribution < 1.29 is 0 Å². The molecule has 1 N–H and O–H groups in total. The van der Waals surface area contributed by atoms with Crippen LogP contribution in [0.4, 0.5) is 0 Å². The number of nitrogens with zero attached hydrogens (tertiary/aromatic N) is 3. The van der Waals surface area contributed by atoms with Crippen molar-refractivity contribution in [3.05, 3.63) is 37.7 Å². The van der Waals surface area contributed by atoms with Crippen LogP contribution in [0.1, 0.15) is 22.0 Å². The van der Waals surface area contributed by atoms with Crippen molar-refractivity contribution in [2.75, 3.05) is 12.8 Å². The molecule has 0 bridgehead atoms. The minimum atomic E-state index is -0.000584. The molecule has 3 rings (SSSR count). The lowest BCUT2D eigenvalue weighted by atomic mass is 10.1. The summed E-state index contributed by atoms with van der Waals surface area (Å²) in [6.45, 7) is 4.40. The largest absolute Gasteiger partial charge is 0.301 e. The van der Waals surface area contributed by atoms with Crippen molar-refractivity contribution >= 4 is 23.1 Å². The lowest BCUT2D eigenvalue weighted by Gasteiger charge is -2.26. The molecular weight excluding hydrogens is 292 g/mol. The Balaban J connectivity index is 1.80. The summed E-state index contributed by atoms with van der Waals surface area (Å²) in [5, 5.41) is 3.88. The van der Waals surface area contributed by atoms with Crippen LogP contribution in [0, 0.1) is 6.92 Å². The molecule has 2 aromatic heterocycles. The highest BCUT2D eigenvalue weighted by atomic mass is 32.2. The summed E-state index contributed by atoms with van der Waals surface area (Å²) in [5.74, 6) is 0. The fourth-order valence-electron chi connectivity index (χ4n) is 2.36. The van der Waals surface area contributed by atoms with E-state index >= 15 is 0 Å². The zero-order valence-electron chi connectivity index (χ0n) is 11.5. The monoisotopic (exact) mass is 308 g/mol. The van der Waals surface area contributed by atoms with Crippen LogP contribution in [0.2, 0.25) is 0 Å². The Hall–Kier alpha value is -1.18. The standard InChI is InChI=1S/C13H16N4OS2/c1-8-7-20-11(14-8)6-17-4-3-10-9(5-17)12(18)16-13(15-10)19-2/h7H,3-6H2,1-2H3,(H,15,16,18). The fraction of sp³-hybridized carbons (Fsp3) is 0.462. The molecule has 106 valence electrons. The minimum absolute atomic E-state index is 0.000584. The lowest BCUT2D eigenvalue weighted by molar-refractivity contribution is 0.240. The summed E-state index contributed by atoms with van der Waals surface area (Å²) in [6.07, 6.45) is 2.75. The van der Waals surface area contributed by atoms with Crippen molar-refractivity contribution in [1.82, 2.24) is 19.9 Å². The van der Waals surface area contributed by atoms with E-state index in [2.05, 4.69) is 25.2 Å². The maximum absolute atomic E-state index is 12.1. The zero-order chi connectivity index (χ0) is 14.1. The number of aromatic amines is 1. The van der Waals surface area contributed by atoms with Gasteiger partial charge in [0.2, 0.25) is 0 Å². The van der Waals surface area contributed by atoms with Gasteiger partial charge >= 0.3 is 0 Å². The molecule has 5 nitrogen and oxygen atoms in total. The number of thiazole rings is 1. The van der Waals surface area contributed by atoms with Crippen LogP contribution in [0.15, 0.2) is 15.3 Å². The first-order valence-corrected chi connectivity index (χ1v) is 8.55. The van der Waals surface area contributed by atoms with Crippen LogP contribution >= 0.6 is 23.1 Å². The Labute approximate surface area is 125 Å². The molecule has 0 saturated heterocycles. The number of rotatable bonds is 3. The Morgan fingerprint density at radius 1 is 1.50 bits per heavy atom. The van der Waals surface area contributed by atoms with Gasteiger partial charge in [-0.2, -0.15) is 0 Å². The van der Waals surface area contributed by atoms with Crippen LogP contribution in [0.25, 0.3) is 0 Å². The SMILES string of the molecule is CSc1nc2c(c(=O)[nH]1)CN(Cc1nc(C)cs1)CC2. The molecule has 1 aliphatic rings. The molecule has 0 fully saturated rings. The average Bonchev–Trinajstić information content (AvgIpc) is 2.84. The quantitative estimate of drug-likeness (QED) is 0.692. The summed E-state index contributed by atoms with van der Waals surface area (Å²) in [6, 6.07) is 0. The summed E-state index contributed by atoms with van der Waals surface area (Å²) in [5.41, 5.74) is 2.82. The molecule has 0 aromatic carbocycles. The van der Waals surface area contributed by atoms with E-state index in [4.69, 9.17) is 0 Å². The van der Waals surface area contributed by atoms with E-state index in [9.17, 15) is 4.79 Å². The van der Waals surface area contributed by atoms with Gasteiger partial charge in [-0.05, 0) is 13.2 Å². The van der Waals surface area contributed by atoms with Crippen LogP contribution in [-0.2, 0) is 19.5 Å². The number of nitrogens with one attached hydrogen (secondary N) is 1. The van der Waals surface area contributed by atoms with E-state index in [0.717, 1.165) is 41.5 Å². The topological polar surface area (TPSA) is 61.9 Å². The first-order chi connectivity index (χ1) is 9.65. The molecule has 0 amide bonds. The first-order valence-electron chi connectivity index (χ1n) is 6.45. The summed E-state index contributed by atoms with van der Waals surface area (Å²) in [7, 11) is 0. The van der Waals surface area contributed by atoms with Crippen molar-refractivity contribution in [1.29, 1.82) is 0 Å². The Kier molecular flexibility index (Phi) is 3.91. The average molecular weight is 308 g/mol. The highest BCUT2D eigenvalue weighted by Gasteiger charge is 2.21. The van der Waals surface area contributed by atoms with Gasteiger partial charge in [0, 0.05) is 30.6 Å². The second-order valence-electron chi connectivity index (χ2n) is 4.84. The minimum Gasteiger partial charge on any atom is -0.301 e. The number of hydrogen-bond acceptors (Lipinski definition) is 6. The number of fused-ring (bicyclic) bond motifs is 1. The highest BCUT2D eigenvalue weighted by Crippen LogP contribution is 2.19. The van der Waals surface area contributed by atoms with Gasteiger partial charge in [0.1, 0.15) is 5.01 Å². The summed E-state index contributed by atoms with van der Waals surface area (Å²) < 4.78 is 0. The predicted octanol–water partition coefficient (Wildman–Crippen LogP) is 1.82. The molecule has 7 heteroatoms. The normalized spacial score (nSPS) is 15.3. The van der Waals surface area contributed by atoms with Crippen molar-refractivity contribution in [2.45, 2.75) is 31.6 Å². The van der Waals surface area contributed by atoms with Crippen LogP contribution < -0.4 is 5.56 Å². The van der Waals surface area contributed by atoms with Crippen molar-refractivity contribution in [3.8, 4) is 0 Å². The summed E-state index contributed by atoms with van der Waals surface area (Å²) >= 11 is 3.15. The molecule has 0 saturated carbocycles. The lowest BCUT2D eigenvalue weighted by Crippen LogP contribution is -2.35. The Morgan fingerprint density at radius 2 is 2.35 bits per heavy atom. The molecule has 20 heavy (non-hydrogen) atoms. The molecular formula is C13H16N4OS2. The van der Waals surface area contributed by atoms with Crippen molar-refractivity contribution in [2.24, 2.45) is 0 Å². The maximum Gasteiger partial charge on any atom is 0.256 e. The van der Waals surface area contributed by atoms with Gasteiger partial charge in [-0.25, -0.2) is 9.97 Å². The Bertz CT molecular complexity index is 679. The number of aryl methyl sites for hydroxylation is 1. The predicted molar refractivity (Wildman–Crippen MR) is 81.3 cm³/mol. The van der Waals surface area contributed by atoms with Gasteiger partial charge in [0.15, 0.2) is 5.16 Å². The van der Waals surface area contributed by atoms with Crippen LogP contribution in [-0.4, -0.2) is 32.7 Å². The first kappa shape index (κ1) is 13.8. The third-order valence-corrected chi connectivity index (χ3v) is 4.88. The molecule has 0 atom stereocenters. The molecule has 2 aromatic rings. The van der Waals surface area contributed by atoms with Gasteiger partial charge < -0.3 is 4.98 Å². The molecule has 0 aliphatic carbocycles. The van der Waals surface area contributed by atoms with E-state index < -0.39 is 0 Å². The van der Waals surface area contributed by atoms with E-state index in [-0.39, 0.29) is 5.56 Å². The second kappa shape index (κ2) is 5.67. The van der Waals surface area contributed by atoms with Crippen LogP contribution in [0.3, 0.4) is 0 Å². The molecule has 1 aliphatic heterocycles. The van der Waals surface area contributed by atoms with E-state index in [1.807, 2.05) is 13.2 Å². The van der Waals surface area contributed by atoms with Gasteiger partial charge in [0.25, 0.3) is 5.56 Å². The molecule has 0 radical (unpaired) electrons. The fourth-order valence-corrected chi connectivity index (χ4v) is 3.57. The van der Waals surface area contributed by atoms with Gasteiger partial charge in [0.05, 0.1) is 17.8 Å². The maximum atomic E-state index is 12.1. The van der Waals surface area contributed by atoms with Gasteiger partial charge in [-0.15, -0.1) is 11.3 Å². The van der Waals surface area contributed by atoms with Crippen molar-refractivity contribution in [3.63, 3.8) is 0 Å². The molecule has 3 heterocycles. The highest BCUT2D eigenvalue weighted by molar-refractivity contribution is 7.98. The smallest absolute Gasteiger partial charge is 0.256 e. The zero-order valence-corrected chi connectivity index (χ0v) is 13.1. The van der Waals surface area contributed by atoms with Crippen LogP contribution in [0.5, 0.6) is 0 Å². The number of hydrogen-bond donors (Lipinski definition) is 1. The van der Waals surface area contributed by atoms with Gasteiger partial charge in [-0.1, -0.05) is 11.8 Å². The van der Waals surface area contributed by atoms with E-state index in [1.165, 1.54) is 11.8 Å². The Morgan fingerprint density at radius 3 is 3.05 bits per heavy atom. The number of H-pyrrole nitrogens is 1. The molecule has 0 spiro atoms.